The molecule has 0 amide bonds. The zero-order valence-corrected chi connectivity index (χ0v) is 15.7. The molecule has 0 radical (unpaired) electrons. The summed E-state index contributed by atoms with van der Waals surface area (Å²) in [4.78, 5) is 15.1. The van der Waals surface area contributed by atoms with Crippen molar-refractivity contribution in [3.05, 3.63) is 58.4 Å². The van der Waals surface area contributed by atoms with Crippen LogP contribution < -0.4 is 5.73 Å². The van der Waals surface area contributed by atoms with Gasteiger partial charge in [0.2, 0.25) is 0 Å². The minimum absolute atomic E-state index is 0.153. The van der Waals surface area contributed by atoms with E-state index in [1.54, 1.807) is 0 Å². The lowest BCUT2D eigenvalue weighted by atomic mass is 9.72. The number of Topliss-reactive ketones (excluding diaryl/α,β-unsaturated/α-hetero) is 1. The van der Waals surface area contributed by atoms with Gasteiger partial charge in [-0.05, 0) is 31.2 Å². The van der Waals surface area contributed by atoms with Gasteiger partial charge in [-0.25, -0.2) is 0 Å². The number of carbonyl (C=O) groups excluding carboxylic acids is 1. The van der Waals surface area contributed by atoms with Crippen LogP contribution in [0, 0.1) is 22.7 Å². The quantitative estimate of drug-likeness (QED) is 0.869. The molecule has 1 aliphatic heterocycles. The molecule has 2 N–H and O–H groups in total. The summed E-state index contributed by atoms with van der Waals surface area (Å²) < 4.78 is 0. The summed E-state index contributed by atoms with van der Waals surface area (Å²) in [6.45, 7) is 3.45. The SMILES string of the molecule is CCCC(=O)C1=C(N)C(C#N)=C(N2CCCCC2)[C@@]1(C#N)c1ccccc1. The van der Waals surface area contributed by atoms with Gasteiger partial charge >= 0.3 is 0 Å². The van der Waals surface area contributed by atoms with Crippen molar-refractivity contribution in [3.8, 4) is 12.1 Å². The number of allylic oxidation sites excluding steroid dienone is 2. The molecule has 0 unspecified atom stereocenters. The van der Waals surface area contributed by atoms with E-state index >= 15 is 0 Å². The van der Waals surface area contributed by atoms with Gasteiger partial charge in [0.25, 0.3) is 0 Å². The van der Waals surface area contributed by atoms with Crippen molar-refractivity contribution in [2.45, 2.75) is 44.4 Å². The van der Waals surface area contributed by atoms with Gasteiger partial charge in [0, 0.05) is 19.5 Å². The molecule has 138 valence electrons. The number of nitrogens with zero attached hydrogens (tertiary/aromatic N) is 3. The predicted molar refractivity (Wildman–Crippen MR) is 103 cm³/mol. The largest absolute Gasteiger partial charge is 0.397 e. The van der Waals surface area contributed by atoms with Crippen molar-refractivity contribution >= 4 is 5.78 Å². The minimum atomic E-state index is -1.32. The van der Waals surface area contributed by atoms with Crippen LogP contribution in [0.25, 0.3) is 0 Å². The van der Waals surface area contributed by atoms with Crippen LogP contribution in [-0.2, 0) is 10.2 Å². The molecule has 1 heterocycles. The van der Waals surface area contributed by atoms with E-state index in [1.807, 2.05) is 37.3 Å². The highest BCUT2D eigenvalue weighted by Crippen LogP contribution is 2.50. The molecule has 1 aromatic carbocycles. The summed E-state index contributed by atoms with van der Waals surface area (Å²) in [5.74, 6) is -0.153. The maximum absolute atomic E-state index is 13.0. The maximum Gasteiger partial charge on any atom is 0.163 e. The summed E-state index contributed by atoms with van der Waals surface area (Å²) in [6.07, 6.45) is 4.08. The molecule has 0 bridgehead atoms. The molecule has 1 atom stereocenters. The lowest BCUT2D eigenvalue weighted by Crippen LogP contribution is -2.41. The summed E-state index contributed by atoms with van der Waals surface area (Å²) in [5, 5.41) is 20.3. The molecule has 3 rings (SSSR count). The Labute approximate surface area is 160 Å². The van der Waals surface area contributed by atoms with Gasteiger partial charge in [-0.1, -0.05) is 37.3 Å². The molecule has 0 saturated carbocycles. The number of ketones is 1. The standard InChI is InChI=1S/C22H24N4O/c1-2-9-18(27)19-20(25)17(14-23)21(26-12-7-4-8-13-26)22(19,15-24)16-10-5-3-6-11-16/h3,5-6,10-11H,2,4,7-9,12-13,25H2,1H3/t22-/m0/s1. The zero-order valence-electron chi connectivity index (χ0n) is 15.7. The van der Waals surface area contributed by atoms with Crippen molar-refractivity contribution in [2.75, 3.05) is 13.1 Å². The highest BCUT2D eigenvalue weighted by atomic mass is 16.1. The monoisotopic (exact) mass is 360 g/mol. The number of nitrogens with two attached hydrogens (primary N) is 1. The first-order chi connectivity index (χ1) is 13.1. The van der Waals surface area contributed by atoms with Gasteiger partial charge in [-0.2, -0.15) is 10.5 Å². The van der Waals surface area contributed by atoms with E-state index in [-0.39, 0.29) is 22.6 Å². The second kappa shape index (κ2) is 7.68. The van der Waals surface area contributed by atoms with E-state index in [2.05, 4.69) is 17.0 Å². The Hall–Kier alpha value is -3.05. The molecule has 1 aliphatic carbocycles. The minimum Gasteiger partial charge on any atom is -0.397 e. The normalized spacial score (nSPS) is 22.6. The number of carbonyl (C=O) groups is 1. The molecular formula is C22H24N4O. The number of benzene rings is 1. The molecule has 1 fully saturated rings. The van der Waals surface area contributed by atoms with Gasteiger partial charge in [-0.3, -0.25) is 4.79 Å². The molecular weight excluding hydrogens is 336 g/mol. The van der Waals surface area contributed by atoms with Crippen LogP contribution in [0.15, 0.2) is 52.9 Å². The molecule has 27 heavy (non-hydrogen) atoms. The first-order valence-corrected chi connectivity index (χ1v) is 9.52. The summed E-state index contributed by atoms with van der Waals surface area (Å²) in [6, 6.07) is 13.9. The lowest BCUT2D eigenvalue weighted by molar-refractivity contribution is -0.116. The highest BCUT2D eigenvalue weighted by Gasteiger charge is 2.53. The number of piperidine rings is 1. The third-order valence-corrected chi connectivity index (χ3v) is 5.42. The zero-order chi connectivity index (χ0) is 19.4. The van der Waals surface area contributed by atoms with E-state index in [4.69, 9.17) is 5.73 Å². The Bertz CT molecular complexity index is 879. The van der Waals surface area contributed by atoms with Crippen LogP contribution >= 0.6 is 0 Å². The van der Waals surface area contributed by atoms with Gasteiger partial charge < -0.3 is 10.6 Å². The molecule has 1 saturated heterocycles. The van der Waals surface area contributed by atoms with Crippen molar-refractivity contribution < 1.29 is 4.79 Å². The third-order valence-electron chi connectivity index (χ3n) is 5.42. The Morgan fingerprint density at radius 2 is 1.85 bits per heavy atom. The van der Waals surface area contributed by atoms with E-state index in [9.17, 15) is 15.3 Å². The van der Waals surface area contributed by atoms with Crippen LogP contribution in [0.5, 0.6) is 0 Å². The number of rotatable bonds is 5. The Kier molecular flexibility index (Phi) is 5.33. The van der Waals surface area contributed by atoms with Gasteiger partial charge in [0.05, 0.1) is 28.6 Å². The predicted octanol–water partition coefficient (Wildman–Crippen LogP) is 3.31. The lowest BCUT2D eigenvalue weighted by Gasteiger charge is -2.38. The number of likely N-dealkylation sites (tertiary alicyclic amines) is 1. The first kappa shape index (κ1) is 18.7. The fraction of sp³-hybridized carbons (Fsp3) is 0.409. The van der Waals surface area contributed by atoms with Crippen LogP contribution in [-0.4, -0.2) is 23.8 Å². The van der Waals surface area contributed by atoms with E-state index in [1.165, 1.54) is 0 Å². The molecule has 0 aromatic heterocycles. The third kappa shape index (κ3) is 2.90. The van der Waals surface area contributed by atoms with Gasteiger partial charge in [0.1, 0.15) is 6.07 Å². The van der Waals surface area contributed by atoms with Gasteiger partial charge in [-0.15, -0.1) is 0 Å². The van der Waals surface area contributed by atoms with Crippen LogP contribution in [0.1, 0.15) is 44.6 Å². The molecule has 1 aromatic rings. The smallest absolute Gasteiger partial charge is 0.163 e. The number of hydrogen-bond donors (Lipinski definition) is 1. The fourth-order valence-corrected chi connectivity index (χ4v) is 4.24. The highest BCUT2D eigenvalue weighted by molar-refractivity contribution is 6.03. The average molecular weight is 360 g/mol. The second-order valence-electron chi connectivity index (χ2n) is 7.07. The number of hydrogen-bond acceptors (Lipinski definition) is 5. The second-order valence-corrected chi connectivity index (χ2v) is 7.07. The Morgan fingerprint density at radius 1 is 1.19 bits per heavy atom. The van der Waals surface area contributed by atoms with E-state index < -0.39 is 5.41 Å². The van der Waals surface area contributed by atoms with E-state index in [0.29, 0.717) is 24.1 Å². The molecule has 5 nitrogen and oxygen atoms in total. The van der Waals surface area contributed by atoms with Crippen LogP contribution in [0.2, 0.25) is 0 Å². The van der Waals surface area contributed by atoms with Gasteiger partial charge in [0.15, 0.2) is 11.2 Å². The maximum atomic E-state index is 13.0. The Balaban J connectivity index is 2.30. The first-order valence-electron chi connectivity index (χ1n) is 9.52. The number of nitriles is 2. The topological polar surface area (TPSA) is 93.9 Å². The van der Waals surface area contributed by atoms with Crippen molar-refractivity contribution in [3.63, 3.8) is 0 Å². The van der Waals surface area contributed by atoms with Crippen LogP contribution in [0.3, 0.4) is 0 Å². The van der Waals surface area contributed by atoms with Crippen molar-refractivity contribution in [2.24, 2.45) is 5.73 Å². The summed E-state index contributed by atoms with van der Waals surface area (Å²) >= 11 is 0. The van der Waals surface area contributed by atoms with Crippen molar-refractivity contribution in [1.29, 1.82) is 10.5 Å². The van der Waals surface area contributed by atoms with Crippen LogP contribution in [0.4, 0.5) is 0 Å². The summed E-state index contributed by atoms with van der Waals surface area (Å²) in [5.41, 5.74) is 7.04. The average Bonchev–Trinajstić information content (AvgIpc) is 2.98. The van der Waals surface area contributed by atoms with E-state index in [0.717, 1.165) is 32.4 Å². The fourth-order valence-electron chi connectivity index (χ4n) is 4.24. The Morgan fingerprint density at radius 3 is 2.41 bits per heavy atom. The molecule has 2 aliphatic rings. The summed E-state index contributed by atoms with van der Waals surface area (Å²) in [7, 11) is 0. The van der Waals surface area contributed by atoms with Crippen molar-refractivity contribution in [1.82, 2.24) is 4.90 Å². The molecule has 0 spiro atoms. The molecule has 5 heteroatoms.